The minimum atomic E-state index is -0.139. The number of rotatable bonds is 6. The molecule has 108 valence electrons. The highest BCUT2D eigenvalue weighted by Gasteiger charge is 2.12. The number of amides is 1. The topological polar surface area (TPSA) is 62.7 Å². The fourth-order valence-corrected chi connectivity index (χ4v) is 1.46. The van der Waals surface area contributed by atoms with Crippen LogP contribution in [0.5, 0.6) is 0 Å². The fourth-order valence-electron chi connectivity index (χ4n) is 1.46. The van der Waals surface area contributed by atoms with Crippen LogP contribution in [0.15, 0.2) is 18.3 Å². The second-order valence-corrected chi connectivity index (χ2v) is 4.13. The first-order valence-corrected chi connectivity index (χ1v) is 6.58. The minimum absolute atomic E-state index is 0.0433. The van der Waals surface area contributed by atoms with Crippen molar-refractivity contribution in [2.24, 2.45) is 0 Å². The molecule has 20 heavy (non-hydrogen) atoms. The lowest BCUT2D eigenvalue weighted by molar-refractivity contribution is 0.0704. The Morgan fingerprint density at radius 1 is 1.50 bits per heavy atom. The highest BCUT2D eigenvalue weighted by molar-refractivity contribution is 5.92. The lowest BCUT2D eigenvalue weighted by Gasteiger charge is -2.16. The van der Waals surface area contributed by atoms with E-state index in [1.807, 2.05) is 6.92 Å². The summed E-state index contributed by atoms with van der Waals surface area (Å²) in [5, 5.41) is 8.63. The number of carbonyl (C=O) groups excluding carboxylic acids is 1. The van der Waals surface area contributed by atoms with Gasteiger partial charge in [-0.1, -0.05) is 11.8 Å². The van der Waals surface area contributed by atoms with E-state index in [1.165, 1.54) is 0 Å². The molecule has 5 heteroatoms. The molecule has 0 fully saturated rings. The van der Waals surface area contributed by atoms with E-state index in [4.69, 9.17) is 9.84 Å². The average molecular weight is 276 g/mol. The third-order valence-electron chi connectivity index (χ3n) is 2.57. The quantitative estimate of drug-likeness (QED) is 0.620. The van der Waals surface area contributed by atoms with E-state index in [9.17, 15) is 4.79 Å². The van der Waals surface area contributed by atoms with E-state index in [0.717, 1.165) is 5.56 Å². The van der Waals surface area contributed by atoms with Crippen molar-refractivity contribution in [3.63, 3.8) is 0 Å². The van der Waals surface area contributed by atoms with Crippen LogP contribution in [0.25, 0.3) is 0 Å². The number of hydrogen-bond acceptors (Lipinski definition) is 4. The van der Waals surface area contributed by atoms with Crippen molar-refractivity contribution in [1.29, 1.82) is 0 Å². The van der Waals surface area contributed by atoms with Crippen molar-refractivity contribution in [3.05, 3.63) is 29.6 Å². The largest absolute Gasteiger partial charge is 0.395 e. The molecule has 0 radical (unpaired) electrons. The maximum Gasteiger partial charge on any atom is 0.272 e. The molecule has 1 N–H and O–H groups in total. The van der Waals surface area contributed by atoms with Gasteiger partial charge < -0.3 is 14.7 Å². The Labute approximate surface area is 119 Å². The molecule has 0 aliphatic carbocycles. The number of likely N-dealkylation sites (N-methyl/N-ethyl adjacent to an activating group) is 1. The summed E-state index contributed by atoms with van der Waals surface area (Å²) < 4.78 is 5.21. The molecule has 0 aliphatic heterocycles. The van der Waals surface area contributed by atoms with E-state index in [1.54, 1.807) is 30.3 Å². The Hall–Kier alpha value is -1.90. The minimum Gasteiger partial charge on any atom is -0.395 e. The number of aliphatic hydroxyl groups excluding tert-OH is 1. The van der Waals surface area contributed by atoms with E-state index in [0.29, 0.717) is 31.9 Å². The fraction of sp³-hybridized carbons (Fsp3) is 0.467. The molecule has 0 spiro atoms. The van der Waals surface area contributed by atoms with E-state index >= 15 is 0 Å². The van der Waals surface area contributed by atoms with Gasteiger partial charge in [-0.3, -0.25) is 4.79 Å². The van der Waals surface area contributed by atoms with Gasteiger partial charge in [-0.2, -0.15) is 0 Å². The summed E-state index contributed by atoms with van der Waals surface area (Å²) in [7, 11) is 1.72. The van der Waals surface area contributed by atoms with Gasteiger partial charge in [0.25, 0.3) is 5.91 Å². The Bertz CT molecular complexity index is 474. The van der Waals surface area contributed by atoms with Gasteiger partial charge in [0.15, 0.2) is 0 Å². The third-order valence-corrected chi connectivity index (χ3v) is 2.57. The Kier molecular flexibility index (Phi) is 7.33. The first-order chi connectivity index (χ1) is 9.69. The van der Waals surface area contributed by atoms with Gasteiger partial charge in [-0.25, -0.2) is 4.98 Å². The number of carbonyl (C=O) groups is 1. The van der Waals surface area contributed by atoms with Crippen LogP contribution in [0.1, 0.15) is 29.4 Å². The van der Waals surface area contributed by atoms with Crippen LogP contribution < -0.4 is 0 Å². The summed E-state index contributed by atoms with van der Waals surface area (Å²) in [4.78, 5) is 17.7. The Morgan fingerprint density at radius 2 is 2.30 bits per heavy atom. The van der Waals surface area contributed by atoms with Crippen LogP contribution in [-0.2, 0) is 4.74 Å². The first-order valence-electron chi connectivity index (χ1n) is 6.58. The van der Waals surface area contributed by atoms with Crippen molar-refractivity contribution in [2.75, 3.05) is 33.4 Å². The molecular weight excluding hydrogens is 256 g/mol. The van der Waals surface area contributed by atoms with Crippen LogP contribution in [0, 0.1) is 11.8 Å². The molecule has 0 saturated heterocycles. The van der Waals surface area contributed by atoms with E-state index in [-0.39, 0.29) is 12.5 Å². The van der Waals surface area contributed by atoms with Gasteiger partial charge in [0.05, 0.1) is 13.2 Å². The molecule has 0 atom stereocenters. The number of aliphatic hydroxyl groups is 1. The number of hydrogen-bond donors (Lipinski definition) is 1. The molecule has 0 bridgehead atoms. The predicted molar refractivity (Wildman–Crippen MR) is 76.3 cm³/mol. The van der Waals surface area contributed by atoms with Crippen LogP contribution in [0.2, 0.25) is 0 Å². The van der Waals surface area contributed by atoms with E-state index in [2.05, 4.69) is 16.8 Å². The van der Waals surface area contributed by atoms with Gasteiger partial charge in [0.2, 0.25) is 0 Å². The van der Waals surface area contributed by atoms with Crippen molar-refractivity contribution in [2.45, 2.75) is 13.3 Å². The lowest BCUT2D eigenvalue weighted by atomic mass is 10.2. The molecule has 1 amide bonds. The standard InChI is InChI=1S/C15H20N2O3/c1-3-20-11-9-17(2)15(19)14-8-7-13(12-16-14)6-4-5-10-18/h7-8,12,18H,3,5,9-11H2,1-2H3. The van der Waals surface area contributed by atoms with Crippen LogP contribution >= 0.6 is 0 Å². The second kappa shape index (κ2) is 9.08. The number of aromatic nitrogens is 1. The molecule has 0 unspecified atom stereocenters. The second-order valence-electron chi connectivity index (χ2n) is 4.13. The van der Waals surface area contributed by atoms with Crippen molar-refractivity contribution in [1.82, 2.24) is 9.88 Å². The highest BCUT2D eigenvalue weighted by atomic mass is 16.5. The normalized spacial score (nSPS) is 9.75. The highest BCUT2D eigenvalue weighted by Crippen LogP contribution is 2.02. The summed E-state index contributed by atoms with van der Waals surface area (Å²) in [5.74, 6) is 5.53. The molecule has 1 aromatic heterocycles. The maximum absolute atomic E-state index is 12.0. The summed E-state index contributed by atoms with van der Waals surface area (Å²) in [5.41, 5.74) is 1.11. The van der Waals surface area contributed by atoms with Crippen molar-refractivity contribution >= 4 is 5.91 Å². The zero-order valence-electron chi connectivity index (χ0n) is 11.9. The van der Waals surface area contributed by atoms with Gasteiger partial charge in [-0.05, 0) is 19.1 Å². The SMILES string of the molecule is CCOCCN(C)C(=O)c1ccc(C#CCCO)cn1. The average Bonchev–Trinajstić information content (AvgIpc) is 2.47. The summed E-state index contributed by atoms with van der Waals surface area (Å²) in [6, 6.07) is 3.41. The molecular formula is C15H20N2O3. The third kappa shape index (κ3) is 5.39. The van der Waals surface area contributed by atoms with Gasteiger partial charge in [-0.15, -0.1) is 0 Å². The summed E-state index contributed by atoms with van der Waals surface area (Å²) in [6.45, 7) is 3.65. The molecule has 0 aromatic carbocycles. The number of nitrogens with zero attached hydrogens (tertiary/aromatic N) is 2. The molecule has 1 rings (SSSR count). The predicted octanol–water partition coefficient (Wildman–Crippen LogP) is 0.924. The lowest BCUT2D eigenvalue weighted by Crippen LogP contribution is -2.30. The molecule has 5 nitrogen and oxygen atoms in total. The van der Waals surface area contributed by atoms with Crippen molar-refractivity contribution < 1.29 is 14.6 Å². The molecule has 0 saturated carbocycles. The van der Waals surface area contributed by atoms with Gasteiger partial charge in [0, 0.05) is 38.4 Å². The summed E-state index contributed by atoms with van der Waals surface area (Å²) in [6.07, 6.45) is 1.99. The number of ether oxygens (including phenoxy) is 1. The smallest absolute Gasteiger partial charge is 0.272 e. The molecule has 1 aromatic rings. The maximum atomic E-state index is 12.0. The van der Waals surface area contributed by atoms with Crippen molar-refractivity contribution in [3.8, 4) is 11.8 Å². The van der Waals surface area contributed by atoms with Gasteiger partial charge in [0.1, 0.15) is 5.69 Å². The zero-order valence-corrected chi connectivity index (χ0v) is 11.9. The summed E-state index contributed by atoms with van der Waals surface area (Å²) >= 11 is 0. The van der Waals surface area contributed by atoms with Crippen LogP contribution in [-0.4, -0.2) is 54.3 Å². The number of pyridine rings is 1. The van der Waals surface area contributed by atoms with E-state index < -0.39 is 0 Å². The molecule has 0 aliphatic rings. The monoisotopic (exact) mass is 276 g/mol. The Morgan fingerprint density at radius 3 is 2.90 bits per heavy atom. The Balaban J connectivity index is 2.59. The zero-order chi connectivity index (χ0) is 14.8. The van der Waals surface area contributed by atoms with Crippen LogP contribution in [0.3, 0.4) is 0 Å². The first kappa shape index (κ1) is 16.2. The molecule has 1 heterocycles. The van der Waals surface area contributed by atoms with Crippen LogP contribution in [0.4, 0.5) is 0 Å². The van der Waals surface area contributed by atoms with Gasteiger partial charge >= 0.3 is 0 Å².